The Kier molecular flexibility index (Phi) is 7.91. The third-order valence-electron chi connectivity index (χ3n) is 2.96. The van der Waals surface area contributed by atoms with Gasteiger partial charge in [-0.05, 0) is 33.3 Å². The van der Waals surface area contributed by atoms with Crippen LogP contribution in [-0.4, -0.2) is 36.2 Å². The van der Waals surface area contributed by atoms with E-state index in [0.717, 1.165) is 5.56 Å². The molecule has 0 spiro atoms. The number of hydrogen-bond donors (Lipinski definition) is 2. The molecule has 138 valence electrons. The van der Waals surface area contributed by atoms with E-state index in [1.807, 2.05) is 30.3 Å². The van der Waals surface area contributed by atoms with Gasteiger partial charge in [0.25, 0.3) is 0 Å². The Morgan fingerprint density at radius 2 is 1.76 bits per heavy atom. The molecule has 7 nitrogen and oxygen atoms in total. The van der Waals surface area contributed by atoms with Crippen LogP contribution in [0.4, 0.5) is 4.79 Å². The minimum atomic E-state index is -1.12. The monoisotopic (exact) mass is 350 g/mol. The molecule has 0 saturated heterocycles. The maximum absolute atomic E-state index is 12.3. The van der Waals surface area contributed by atoms with Gasteiger partial charge in [-0.3, -0.25) is 4.79 Å². The molecule has 0 saturated carbocycles. The van der Waals surface area contributed by atoms with Gasteiger partial charge in [0.15, 0.2) is 0 Å². The zero-order valence-electron chi connectivity index (χ0n) is 15.1. The van der Waals surface area contributed by atoms with Crippen molar-refractivity contribution in [2.24, 2.45) is 0 Å². The van der Waals surface area contributed by atoms with Crippen LogP contribution in [0.1, 0.15) is 39.7 Å². The Hall–Kier alpha value is -2.57. The maximum Gasteiger partial charge on any atom is 0.408 e. The lowest BCUT2D eigenvalue weighted by Gasteiger charge is -2.22. The molecule has 1 aromatic carbocycles. The molecular formula is C18H26N2O5. The molecule has 0 aliphatic rings. The number of benzene rings is 1. The van der Waals surface area contributed by atoms with Gasteiger partial charge in [-0.15, -0.1) is 0 Å². The average Bonchev–Trinajstić information content (AvgIpc) is 2.51. The summed E-state index contributed by atoms with van der Waals surface area (Å²) in [6, 6.07) is 8.02. The molecule has 2 amide bonds. The Bertz CT molecular complexity index is 581. The number of hydrogen-bond acceptors (Lipinski definition) is 5. The molecule has 1 aromatic rings. The summed E-state index contributed by atoms with van der Waals surface area (Å²) in [5.74, 6) is -1.05. The van der Waals surface area contributed by atoms with Gasteiger partial charge in [-0.2, -0.15) is 0 Å². The highest BCUT2D eigenvalue weighted by Crippen LogP contribution is 2.08. The second-order valence-corrected chi connectivity index (χ2v) is 6.45. The van der Waals surface area contributed by atoms with Gasteiger partial charge in [0, 0.05) is 6.54 Å². The summed E-state index contributed by atoms with van der Waals surface area (Å²) in [6.45, 7) is 7.37. The molecule has 0 fully saturated rings. The Morgan fingerprint density at radius 1 is 1.12 bits per heavy atom. The molecule has 1 rings (SSSR count). The van der Waals surface area contributed by atoms with Crippen LogP contribution in [-0.2, 0) is 25.7 Å². The van der Waals surface area contributed by atoms with Crippen molar-refractivity contribution in [2.75, 3.05) is 6.54 Å². The summed E-state index contributed by atoms with van der Waals surface area (Å²) < 4.78 is 10.3. The lowest BCUT2D eigenvalue weighted by atomic mass is 10.2. The first kappa shape index (κ1) is 20.5. The van der Waals surface area contributed by atoms with E-state index < -0.39 is 23.7 Å². The van der Waals surface area contributed by atoms with E-state index in [2.05, 4.69) is 10.6 Å². The third-order valence-corrected chi connectivity index (χ3v) is 2.96. The first-order chi connectivity index (χ1) is 11.7. The number of ether oxygens (including phenoxy) is 2. The van der Waals surface area contributed by atoms with E-state index in [0.29, 0.717) is 6.54 Å². The zero-order valence-corrected chi connectivity index (χ0v) is 15.1. The second kappa shape index (κ2) is 9.66. The Morgan fingerprint density at radius 3 is 2.32 bits per heavy atom. The number of amides is 2. The van der Waals surface area contributed by atoms with Crippen LogP contribution in [0.5, 0.6) is 0 Å². The fraction of sp³-hybridized carbons (Fsp3) is 0.500. The summed E-state index contributed by atoms with van der Waals surface area (Å²) in [6.07, 6.45) is -1.00. The van der Waals surface area contributed by atoms with Crippen molar-refractivity contribution < 1.29 is 23.9 Å². The lowest BCUT2D eigenvalue weighted by Crippen LogP contribution is -2.46. The average molecular weight is 350 g/mol. The SMILES string of the molecule is CCNC(=O)C[C@@H](NC(=O)OC(C)(C)C)C(=O)OCc1ccccc1. The van der Waals surface area contributed by atoms with Gasteiger partial charge < -0.3 is 20.1 Å². The standard InChI is InChI=1S/C18H26N2O5/c1-5-19-15(21)11-14(20-17(23)25-18(2,3)4)16(22)24-12-13-9-7-6-8-10-13/h6-10,14H,5,11-12H2,1-4H3,(H,19,21)(H,20,23)/t14-/m1/s1. The fourth-order valence-corrected chi connectivity index (χ4v) is 1.93. The second-order valence-electron chi connectivity index (χ2n) is 6.45. The van der Waals surface area contributed by atoms with Crippen LogP contribution in [0.15, 0.2) is 30.3 Å². The number of rotatable bonds is 7. The van der Waals surface area contributed by atoms with E-state index >= 15 is 0 Å². The van der Waals surface area contributed by atoms with E-state index in [-0.39, 0.29) is 18.9 Å². The quantitative estimate of drug-likeness (QED) is 0.735. The molecule has 0 radical (unpaired) electrons. The lowest BCUT2D eigenvalue weighted by molar-refractivity contribution is -0.149. The first-order valence-corrected chi connectivity index (χ1v) is 8.18. The molecule has 0 heterocycles. The van der Waals surface area contributed by atoms with Crippen molar-refractivity contribution in [3.63, 3.8) is 0 Å². The topological polar surface area (TPSA) is 93.7 Å². The smallest absolute Gasteiger partial charge is 0.408 e. The molecule has 1 atom stereocenters. The molecule has 0 bridgehead atoms. The molecule has 0 aromatic heterocycles. The third kappa shape index (κ3) is 8.74. The van der Waals surface area contributed by atoms with Gasteiger partial charge in [0.2, 0.25) is 5.91 Å². The molecule has 25 heavy (non-hydrogen) atoms. The summed E-state index contributed by atoms with van der Waals surface area (Å²) in [7, 11) is 0. The molecule has 7 heteroatoms. The Balaban J connectivity index is 2.69. The molecule has 0 unspecified atom stereocenters. The predicted molar refractivity (Wildman–Crippen MR) is 92.7 cm³/mol. The van der Waals surface area contributed by atoms with E-state index in [9.17, 15) is 14.4 Å². The summed E-state index contributed by atoms with van der Waals surface area (Å²) in [5.41, 5.74) is 0.0960. The van der Waals surface area contributed by atoms with Crippen LogP contribution < -0.4 is 10.6 Å². The van der Waals surface area contributed by atoms with E-state index in [1.54, 1.807) is 27.7 Å². The van der Waals surface area contributed by atoms with Crippen molar-refractivity contribution in [1.82, 2.24) is 10.6 Å². The summed E-state index contributed by atoms with van der Waals surface area (Å²) >= 11 is 0. The van der Waals surface area contributed by atoms with Crippen molar-refractivity contribution >= 4 is 18.0 Å². The van der Waals surface area contributed by atoms with Crippen LogP contribution in [0.3, 0.4) is 0 Å². The van der Waals surface area contributed by atoms with Crippen LogP contribution in [0.25, 0.3) is 0 Å². The number of carbonyl (C=O) groups excluding carboxylic acids is 3. The van der Waals surface area contributed by atoms with E-state index in [4.69, 9.17) is 9.47 Å². The summed E-state index contributed by atoms with van der Waals surface area (Å²) in [5, 5.41) is 4.99. The fourth-order valence-electron chi connectivity index (χ4n) is 1.93. The van der Waals surface area contributed by atoms with E-state index in [1.165, 1.54) is 0 Å². The van der Waals surface area contributed by atoms with Gasteiger partial charge >= 0.3 is 12.1 Å². The van der Waals surface area contributed by atoms with Crippen LogP contribution >= 0.6 is 0 Å². The molecule has 2 N–H and O–H groups in total. The number of carbonyl (C=O) groups is 3. The van der Waals surface area contributed by atoms with Gasteiger partial charge in [-0.25, -0.2) is 9.59 Å². The summed E-state index contributed by atoms with van der Waals surface area (Å²) in [4.78, 5) is 36.0. The predicted octanol–water partition coefficient (Wildman–Crippen LogP) is 2.15. The van der Waals surface area contributed by atoms with Gasteiger partial charge in [0.05, 0.1) is 6.42 Å². The molecule has 0 aliphatic carbocycles. The minimum Gasteiger partial charge on any atom is -0.459 e. The first-order valence-electron chi connectivity index (χ1n) is 8.18. The molecule has 0 aliphatic heterocycles. The van der Waals surface area contributed by atoms with Crippen LogP contribution in [0, 0.1) is 0 Å². The normalized spacial score (nSPS) is 12.0. The minimum absolute atomic E-state index is 0.0571. The highest BCUT2D eigenvalue weighted by molar-refractivity contribution is 5.88. The molecular weight excluding hydrogens is 324 g/mol. The van der Waals surface area contributed by atoms with Crippen molar-refractivity contribution in [3.8, 4) is 0 Å². The van der Waals surface area contributed by atoms with Crippen molar-refractivity contribution in [1.29, 1.82) is 0 Å². The number of esters is 1. The highest BCUT2D eigenvalue weighted by Gasteiger charge is 2.27. The maximum atomic E-state index is 12.3. The Labute approximate surface area is 148 Å². The number of alkyl carbamates (subject to hydrolysis) is 1. The largest absolute Gasteiger partial charge is 0.459 e. The zero-order chi connectivity index (χ0) is 18.9. The van der Waals surface area contributed by atoms with Gasteiger partial charge in [-0.1, -0.05) is 30.3 Å². The van der Waals surface area contributed by atoms with Crippen LogP contribution in [0.2, 0.25) is 0 Å². The highest BCUT2D eigenvalue weighted by atomic mass is 16.6. The van der Waals surface area contributed by atoms with Gasteiger partial charge in [0.1, 0.15) is 18.2 Å². The number of nitrogens with one attached hydrogen (secondary N) is 2. The van der Waals surface area contributed by atoms with Crippen molar-refractivity contribution in [3.05, 3.63) is 35.9 Å². The van der Waals surface area contributed by atoms with Crippen molar-refractivity contribution in [2.45, 2.75) is 52.4 Å².